The largest absolute Gasteiger partial charge is 0.494 e. The minimum absolute atomic E-state index is 0. The molecule has 1 aromatic heterocycles. The Hall–Kier alpha value is -1.35. The van der Waals surface area contributed by atoms with Gasteiger partial charge in [0.25, 0.3) is 0 Å². The van der Waals surface area contributed by atoms with Crippen molar-refractivity contribution in [2.24, 2.45) is 4.99 Å². The van der Waals surface area contributed by atoms with Crippen LogP contribution in [0.15, 0.2) is 35.5 Å². The lowest BCUT2D eigenvalue weighted by molar-refractivity contribution is 0.340. The van der Waals surface area contributed by atoms with Gasteiger partial charge in [0, 0.05) is 24.7 Å². The molecule has 2 aromatic rings. The molecule has 1 aromatic carbocycles. The molecule has 2 rings (SSSR count). The summed E-state index contributed by atoms with van der Waals surface area (Å²) < 4.78 is 5.51. The van der Waals surface area contributed by atoms with Gasteiger partial charge in [-0.05, 0) is 31.5 Å². The monoisotopic (exact) mass is 446 g/mol. The summed E-state index contributed by atoms with van der Waals surface area (Å²) in [7, 11) is 1.76. The number of guanidine groups is 1. The molecule has 0 radical (unpaired) electrons. The highest BCUT2D eigenvalue weighted by atomic mass is 127. The standard InChI is InChI=1S/C16H22N4OS.HI/c1-4-21-14-7-5-6-13(8-14)10-19-16(17-3)20-11-15-18-9-12(2)22-15;/h5-9H,4,10-11H2,1-3H3,(H2,17,19,20);1H. The van der Waals surface area contributed by atoms with Gasteiger partial charge in [0.1, 0.15) is 10.8 Å². The number of halogens is 1. The third-order valence-corrected chi connectivity index (χ3v) is 3.88. The topological polar surface area (TPSA) is 58.5 Å². The van der Waals surface area contributed by atoms with Gasteiger partial charge in [0.2, 0.25) is 0 Å². The Labute approximate surface area is 158 Å². The van der Waals surface area contributed by atoms with Gasteiger partial charge in [0.05, 0.1) is 13.2 Å². The summed E-state index contributed by atoms with van der Waals surface area (Å²) in [6.07, 6.45) is 1.89. The Kier molecular flexibility index (Phi) is 8.93. The van der Waals surface area contributed by atoms with E-state index in [4.69, 9.17) is 4.74 Å². The summed E-state index contributed by atoms with van der Waals surface area (Å²) >= 11 is 1.69. The number of ether oxygens (including phenoxy) is 1. The van der Waals surface area contributed by atoms with Crippen LogP contribution in [0.25, 0.3) is 0 Å². The molecule has 0 amide bonds. The minimum Gasteiger partial charge on any atom is -0.494 e. The lowest BCUT2D eigenvalue weighted by Crippen LogP contribution is -2.36. The fraction of sp³-hybridized carbons (Fsp3) is 0.375. The van der Waals surface area contributed by atoms with Crippen molar-refractivity contribution in [2.45, 2.75) is 26.9 Å². The SMILES string of the molecule is CCOc1cccc(CNC(=NC)NCc2ncc(C)s2)c1.I. The van der Waals surface area contributed by atoms with Crippen molar-refractivity contribution < 1.29 is 4.74 Å². The van der Waals surface area contributed by atoms with E-state index in [0.29, 0.717) is 19.7 Å². The first-order valence-electron chi connectivity index (χ1n) is 7.29. The first-order valence-corrected chi connectivity index (χ1v) is 8.10. The summed E-state index contributed by atoms with van der Waals surface area (Å²) in [5, 5.41) is 7.61. The van der Waals surface area contributed by atoms with E-state index in [0.717, 1.165) is 22.3 Å². The predicted octanol–water partition coefficient (Wildman–Crippen LogP) is 3.33. The van der Waals surface area contributed by atoms with Gasteiger partial charge >= 0.3 is 0 Å². The van der Waals surface area contributed by atoms with Crippen molar-refractivity contribution in [3.63, 3.8) is 0 Å². The number of hydrogen-bond donors (Lipinski definition) is 2. The van der Waals surface area contributed by atoms with Crippen LogP contribution in [0.4, 0.5) is 0 Å². The van der Waals surface area contributed by atoms with E-state index < -0.39 is 0 Å². The van der Waals surface area contributed by atoms with Gasteiger partial charge < -0.3 is 15.4 Å². The summed E-state index contributed by atoms with van der Waals surface area (Å²) in [4.78, 5) is 9.77. The van der Waals surface area contributed by atoms with Crippen LogP contribution in [-0.2, 0) is 13.1 Å². The van der Waals surface area contributed by atoms with Crippen LogP contribution in [0.2, 0.25) is 0 Å². The fourth-order valence-electron chi connectivity index (χ4n) is 1.96. The molecular formula is C16H23IN4OS. The van der Waals surface area contributed by atoms with Crippen molar-refractivity contribution in [2.75, 3.05) is 13.7 Å². The maximum absolute atomic E-state index is 5.51. The number of nitrogens with zero attached hydrogens (tertiary/aromatic N) is 2. The highest BCUT2D eigenvalue weighted by Crippen LogP contribution is 2.13. The molecule has 23 heavy (non-hydrogen) atoms. The fourth-order valence-corrected chi connectivity index (χ4v) is 2.69. The molecule has 5 nitrogen and oxygen atoms in total. The maximum Gasteiger partial charge on any atom is 0.191 e. The molecule has 2 N–H and O–H groups in total. The van der Waals surface area contributed by atoms with Crippen LogP contribution >= 0.6 is 35.3 Å². The van der Waals surface area contributed by atoms with E-state index in [1.807, 2.05) is 31.3 Å². The number of thiazole rings is 1. The third-order valence-electron chi connectivity index (χ3n) is 2.97. The lowest BCUT2D eigenvalue weighted by Gasteiger charge is -2.11. The smallest absolute Gasteiger partial charge is 0.191 e. The Morgan fingerprint density at radius 1 is 1.30 bits per heavy atom. The normalized spacial score (nSPS) is 10.8. The van der Waals surface area contributed by atoms with Crippen molar-refractivity contribution in [3.05, 3.63) is 45.9 Å². The van der Waals surface area contributed by atoms with Crippen LogP contribution in [0.5, 0.6) is 5.75 Å². The van der Waals surface area contributed by atoms with Crippen molar-refractivity contribution in [3.8, 4) is 5.75 Å². The molecule has 0 atom stereocenters. The second-order valence-electron chi connectivity index (χ2n) is 4.72. The molecule has 0 bridgehead atoms. The number of aryl methyl sites for hydroxylation is 1. The zero-order valence-corrected chi connectivity index (χ0v) is 16.8. The van der Waals surface area contributed by atoms with Gasteiger partial charge in [-0.1, -0.05) is 12.1 Å². The minimum atomic E-state index is 0. The Morgan fingerprint density at radius 2 is 2.09 bits per heavy atom. The summed E-state index contributed by atoms with van der Waals surface area (Å²) in [6.45, 7) is 6.08. The lowest BCUT2D eigenvalue weighted by atomic mass is 10.2. The number of aromatic nitrogens is 1. The molecule has 0 spiro atoms. The van der Waals surface area contributed by atoms with E-state index >= 15 is 0 Å². The molecule has 0 aliphatic carbocycles. The quantitative estimate of drug-likeness (QED) is 0.406. The molecule has 1 heterocycles. The average molecular weight is 446 g/mol. The van der Waals surface area contributed by atoms with E-state index in [9.17, 15) is 0 Å². The van der Waals surface area contributed by atoms with Crippen LogP contribution in [-0.4, -0.2) is 24.6 Å². The van der Waals surface area contributed by atoms with E-state index in [1.165, 1.54) is 4.88 Å². The number of aliphatic imine (C=N–C) groups is 1. The van der Waals surface area contributed by atoms with Crippen molar-refractivity contribution >= 4 is 41.3 Å². The maximum atomic E-state index is 5.51. The van der Waals surface area contributed by atoms with E-state index in [-0.39, 0.29) is 24.0 Å². The summed E-state index contributed by atoms with van der Waals surface area (Å²) in [6, 6.07) is 8.06. The Balaban J connectivity index is 0.00000264. The van der Waals surface area contributed by atoms with Gasteiger partial charge in [-0.2, -0.15) is 0 Å². The molecule has 7 heteroatoms. The zero-order chi connectivity index (χ0) is 15.8. The van der Waals surface area contributed by atoms with E-state index in [1.54, 1.807) is 18.4 Å². The van der Waals surface area contributed by atoms with E-state index in [2.05, 4.69) is 33.6 Å². The highest BCUT2D eigenvalue weighted by molar-refractivity contribution is 14.0. The molecule has 0 unspecified atom stereocenters. The van der Waals surface area contributed by atoms with Gasteiger partial charge in [0.15, 0.2) is 5.96 Å². The molecule has 0 aliphatic rings. The van der Waals surface area contributed by atoms with Gasteiger partial charge in [-0.25, -0.2) is 4.98 Å². The first-order chi connectivity index (χ1) is 10.7. The highest BCUT2D eigenvalue weighted by Gasteiger charge is 2.02. The van der Waals surface area contributed by atoms with Crippen LogP contribution in [0.3, 0.4) is 0 Å². The average Bonchev–Trinajstić information content (AvgIpc) is 2.94. The van der Waals surface area contributed by atoms with Gasteiger partial charge in [-0.3, -0.25) is 4.99 Å². The Morgan fingerprint density at radius 3 is 2.74 bits per heavy atom. The predicted molar refractivity (Wildman–Crippen MR) is 107 cm³/mol. The molecule has 0 aliphatic heterocycles. The Bertz CT molecular complexity index is 630. The molecule has 0 fully saturated rings. The zero-order valence-electron chi connectivity index (χ0n) is 13.6. The molecular weight excluding hydrogens is 423 g/mol. The summed E-state index contributed by atoms with van der Waals surface area (Å²) in [5.41, 5.74) is 1.15. The molecule has 0 saturated heterocycles. The number of rotatable bonds is 6. The summed E-state index contributed by atoms with van der Waals surface area (Å²) in [5.74, 6) is 1.65. The van der Waals surface area contributed by atoms with Crippen molar-refractivity contribution in [1.29, 1.82) is 0 Å². The van der Waals surface area contributed by atoms with Crippen molar-refractivity contribution in [1.82, 2.24) is 15.6 Å². The molecule has 126 valence electrons. The van der Waals surface area contributed by atoms with Crippen LogP contribution in [0.1, 0.15) is 22.4 Å². The number of nitrogens with one attached hydrogen (secondary N) is 2. The number of benzene rings is 1. The second kappa shape index (κ2) is 10.4. The third kappa shape index (κ3) is 6.74. The van der Waals surface area contributed by atoms with Gasteiger partial charge in [-0.15, -0.1) is 35.3 Å². The van der Waals surface area contributed by atoms with Crippen LogP contribution in [0, 0.1) is 6.92 Å². The molecule has 0 saturated carbocycles. The van der Waals surface area contributed by atoms with Crippen LogP contribution < -0.4 is 15.4 Å². The number of hydrogen-bond acceptors (Lipinski definition) is 4. The first kappa shape index (κ1) is 19.7. The second-order valence-corrected chi connectivity index (χ2v) is 6.04.